The highest BCUT2D eigenvalue weighted by atomic mass is 16.2. The van der Waals surface area contributed by atoms with E-state index in [1.165, 1.54) is 10.2 Å². The fourth-order valence-corrected chi connectivity index (χ4v) is 3.35. The summed E-state index contributed by atoms with van der Waals surface area (Å²) in [4.78, 5) is 25.2. The SMILES string of the molecule is Cc1c2cnn(CC(=O)NC(C)(C)C)c(=O)c2c(C)n1Cc1ccccc1. The van der Waals surface area contributed by atoms with Crippen molar-refractivity contribution in [1.82, 2.24) is 19.7 Å². The monoisotopic (exact) mass is 366 g/mol. The largest absolute Gasteiger partial charge is 0.350 e. The first-order valence-electron chi connectivity index (χ1n) is 9.08. The maximum atomic E-state index is 13.0. The number of rotatable bonds is 4. The predicted octanol–water partition coefficient (Wildman–Crippen LogP) is 2.78. The molecule has 3 aromatic rings. The lowest BCUT2D eigenvalue weighted by Gasteiger charge is -2.20. The summed E-state index contributed by atoms with van der Waals surface area (Å²) in [5.74, 6) is -0.227. The van der Waals surface area contributed by atoms with Crippen molar-refractivity contribution >= 4 is 16.7 Å². The van der Waals surface area contributed by atoms with Crippen molar-refractivity contribution in [2.45, 2.75) is 53.2 Å². The molecule has 142 valence electrons. The Hall–Kier alpha value is -2.89. The smallest absolute Gasteiger partial charge is 0.276 e. The van der Waals surface area contributed by atoms with Crippen LogP contribution in [0.4, 0.5) is 0 Å². The van der Waals surface area contributed by atoms with Gasteiger partial charge in [0.1, 0.15) is 6.54 Å². The Morgan fingerprint density at radius 2 is 1.78 bits per heavy atom. The van der Waals surface area contributed by atoms with Gasteiger partial charge in [0.25, 0.3) is 5.56 Å². The lowest BCUT2D eigenvalue weighted by Crippen LogP contribution is -2.43. The highest BCUT2D eigenvalue weighted by Gasteiger charge is 2.19. The Bertz CT molecular complexity index is 1040. The van der Waals surface area contributed by atoms with Crippen LogP contribution in [0.5, 0.6) is 0 Å². The number of carbonyl (C=O) groups excluding carboxylic acids is 1. The average molecular weight is 366 g/mol. The van der Waals surface area contributed by atoms with Gasteiger partial charge in [0.05, 0.1) is 11.6 Å². The lowest BCUT2D eigenvalue weighted by atomic mass is 10.1. The first kappa shape index (κ1) is 18.9. The third-order valence-electron chi connectivity index (χ3n) is 4.60. The number of benzene rings is 1. The zero-order valence-corrected chi connectivity index (χ0v) is 16.5. The Balaban J connectivity index is 2.00. The van der Waals surface area contributed by atoms with E-state index in [1.807, 2.05) is 52.8 Å². The molecule has 6 heteroatoms. The minimum atomic E-state index is -0.351. The van der Waals surface area contributed by atoms with E-state index in [-0.39, 0.29) is 23.6 Å². The highest BCUT2D eigenvalue weighted by Crippen LogP contribution is 2.23. The molecule has 0 aliphatic rings. The third-order valence-corrected chi connectivity index (χ3v) is 4.60. The van der Waals surface area contributed by atoms with Crippen LogP contribution in [0.3, 0.4) is 0 Å². The Morgan fingerprint density at radius 3 is 2.41 bits per heavy atom. The molecular formula is C21H26N4O2. The van der Waals surface area contributed by atoms with Crippen LogP contribution in [0.25, 0.3) is 10.8 Å². The molecule has 1 aromatic carbocycles. The summed E-state index contributed by atoms with van der Waals surface area (Å²) in [5.41, 5.74) is 2.48. The van der Waals surface area contributed by atoms with Gasteiger partial charge in [-0.3, -0.25) is 9.59 Å². The molecule has 0 radical (unpaired) electrons. The summed E-state index contributed by atoms with van der Waals surface area (Å²) in [7, 11) is 0. The molecule has 0 fully saturated rings. The Morgan fingerprint density at radius 1 is 1.11 bits per heavy atom. The van der Waals surface area contributed by atoms with Crippen molar-refractivity contribution in [3.8, 4) is 0 Å². The van der Waals surface area contributed by atoms with Crippen LogP contribution < -0.4 is 10.9 Å². The molecule has 0 aliphatic heterocycles. The summed E-state index contributed by atoms with van der Waals surface area (Å²) in [6, 6.07) is 10.1. The number of amides is 1. The molecular weight excluding hydrogens is 340 g/mol. The molecule has 1 N–H and O–H groups in total. The van der Waals surface area contributed by atoms with Crippen molar-refractivity contribution in [2.24, 2.45) is 0 Å². The lowest BCUT2D eigenvalue weighted by molar-refractivity contribution is -0.123. The molecule has 3 rings (SSSR count). The predicted molar refractivity (Wildman–Crippen MR) is 107 cm³/mol. The second-order valence-corrected chi connectivity index (χ2v) is 7.94. The van der Waals surface area contributed by atoms with E-state index in [9.17, 15) is 9.59 Å². The first-order valence-corrected chi connectivity index (χ1v) is 9.08. The van der Waals surface area contributed by atoms with Crippen LogP contribution in [0.15, 0.2) is 41.3 Å². The van der Waals surface area contributed by atoms with Gasteiger partial charge >= 0.3 is 0 Å². The summed E-state index contributed by atoms with van der Waals surface area (Å²) in [6.45, 7) is 10.3. The zero-order valence-electron chi connectivity index (χ0n) is 16.5. The van der Waals surface area contributed by atoms with E-state index in [0.717, 1.165) is 16.8 Å². The van der Waals surface area contributed by atoms with E-state index in [1.54, 1.807) is 6.20 Å². The van der Waals surface area contributed by atoms with E-state index in [4.69, 9.17) is 0 Å². The van der Waals surface area contributed by atoms with Crippen LogP contribution in [0.2, 0.25) is 0 Å². The second kappa shape index (κ2) is 7.02. The van der Waals surface area contributed by atoms with Gasteiger partial charge in [-0.25, -0.2) is 4.68 Å². The topological polar surface area (TPSA) is 68.9 Å². The number of carbonyl (C=O) groups is 1. The van der Waals surface area contributed by atoms with Crippen molar-refractivity contribution < 1.29 is 4.79 Å². The maximum absolute atomic E-state index is 13.0. The van der Waals surface area contributed by atoms with Crippen molar-refractivity contribution in [3.63, 3.8) is 0 Å². The number of hydrogen-bond acceptors (Lipinski definition) is 3. The summed E-state index contributed by atoms with van der Waals surface area (Å²) in [5, 5.41) is 8.55. The Kier molecular flexibility index (Phi) is 4.91. The molecule has 1 amide bonds. The van der Waals surface area contributed by atoms with Crippen LogP contribution >= 0.6 is 0 Å². The molecule has 0 spiro atoms. The fourth-order valence-electron chi connectivity index (χ4n) is 3.35. The second-order valence-electron chi connectivity index (χ2n) is 7.94. The fraction of sp³-hybridized carbons (Fsp3) is 0.381. The summed E-state index contributed by atoms with van der Waals surface area (Å²) >= 11 is 0. The van der Waals surface area contributed by atoms with Gasteiger partial charge in [0.15, 0.2) is 0 Å². The van der Waals surface area contributed by atoms with Gasteiger partial charge in [0.2, 0.25) is 5.91 Å². The van der Waals surface area contributed by atoms with E-state index < -0.39 is 0 Å². The molecule has 27 heavy (non-hydrogen) atoms. The first-order chi connectivity index (χ1) is 12.7. The number of nitrogens with one attached hydrogen (secondary N) is 1. The minimum Gasteiger partial charge on any atom is -0.350 e. The van der Waals surface area contributed by atoms with Gasteiger partial charge in [0, 0.05) is 28.9 Å². The molecule has 0 atom stereocenters. The van der Waals surface area contributed by atoms with Crippen molar-refractivity contribution in [2.75, 3.05) is 0 Å². The standard InChI is InChI=1S/C21H26N4O2/c1-14-17-11-22-25(13-18(26)23-21(3,4)5)20(27)19(17)15(2)24(14)12-16-9-7-6-8-10-16/h6-11H,12-13H2,1-5H3,(H,23,26). The van der Waals surface area contributed by atoms with E-state index in [0.29, 0.717) is 11.9 Å². The van der Waals surface area contributed by atoms with Crippen LogP contribution in [0, 0.1) is 13.8 Å². The molecule has 0 bridgehead atoms. The number of hydrogen-bond donors (Lipinski definition) is 1. The number of nitrogens with zero attached hydrogens (tertiary/aromatic N) is 3. The molecule has 0 saturated carbocycles. The molecule has 2 aromatic heterocycles. The van der Waals surface area contributed by atoms with Gasteiger partial charge in [-0.2, -0.15) is 5.10 Å². The molecule has 2 heterocycles. The quantitative estimate of drug-likeness (QED) is 0.772. The molecule has 0 unspecified atom stereocenters. The number of fused-ring (bicyclic) bond motifs is 1. The number of aryl methyl sites for hydroxylation is 2. The molecule has 6 nitrogen and oxygen atoms in total. The van der Waals surface area contributed by atoms with Gasteiger partial charge in [-0.15, -0.1) is 0 Å². The average Bonchev–Trinajstić information content (AvgIpc) is 2.82. The third kappa shape index (κ3) is 3.94. The van der Waals surface area contributed by atoms with E-state index >= 15 is 0 Å². The highest BCUT2D eigenvalue weighted by molar-refractivity contribution is 5.87. The van der Waals surface area contributed by atoms with Crippen LogP contribution in [-0.4, -0.2) is 25.8 Å². The normalized spacial score (nSPS) is 11.7. The minimum absolute atomic E-state index is 0.0889. The molecule has 0 aliphatic carbocycles. The molecule has 0 saturated heterocycles. The van der Waals surface area contributed by atoms with Crippen LogP contribution in [0.1, 0.15) is 37.7 Å². The summed E-state index contributed by atoms with van der Waals surface area (Å²) < 4.78 is 3.37. The van der Waals surface area contributed by atoms with Gasteiger partial charge in [-0.1, -0.05) is 30.3 Å². The van der Waals surface area contributed by atoms with E-state index in [2.05, 4.69) is 27.1 Å². The number of aromatic nitrogens is 3. The summed E-state index contributed by atoms with van der Waals surface area (Å²) in [6.07, 6.45) is 1.69. The van der Waals surface area contributed by atoms with Crippen molar-refractivity contribution in [3.05, 3.63) is 63.8 Å². The Labute approximate surface area is 158 Å². The van der Waals surface area contributed by atoms with Crippen LogP contribution in [-0.2, 0) is 17.9 Å². The van der Waals surface area contributed by atoms with Gasteiger partial charge in [-0.05, 0) is 40.2 Å². The van der Waals surface area contributed by atoms with Crippen molar-refractivity contribution in [1.29, 1.82) is 0 Å². The maximum Gasteiger partial charge on any atom is 0.276 e. The zero-order chi connectivity index (χ0) is 19.8. The van der Waals surface area contributed by atoms with Gasteiger partial charge < -0.3 is 9.88 Å².